The van der Waals surface area contributed by atoms with E-state index in [1.165, 1.54) is 0 Å². The van der Waals surface area contributed by atoms with E-state index in [4.69, 9.17) is 4.74 Å². The number of amides is 2. The van der Waals surface area contributed by atoms with Gasteiger partial charge >= 0.3 is 12.0 Å². The number of aliphatic carboxylic acids is 1. The Hall–Kier alpha value is -1.15. The molecule has 7 nitrogen and oxygen atoms in total. The smallest absolute Gasteiger partial charge is 0.315 e. The van der Waals surface area contributed by atoms with Crippen LogP contribution in [0.15, 0.2) is 0 Å². The molecule has 1 aliphatic heterocycles. The number of hydrogen-bond donors (Lipinski definition) is 3. The maximum absolute atomic E-state index is 11.7. The van der Waals surface area contributed by atoms with Crippen LogP contribution in [0, 0.1) is 5.41 Å². The normalized spacial score (nSPS) is 28.6. The van der Waals surface area contributed by atoms with Crippen molar-refractivity contribution >= 4 is 22.8 Å². The van der Waals surface area contributed by atoms with Crippen molar-refractivity contribution in [3.63, 3.8) is 0 Å². The Labute approximate surface area is 120 Å². The third-order valence-electron chi connectivity index (χ3n) is 3.65. The van der Waals surface area contributed by atoms with Crippen molar-refractivity contribution < 1.29 is 23.6 Å². The number of ether oxygens (including phenoxy) is 1. The summed E-state index contributed by atoms with van der Waals surface area (Å²) in [6.07, 6.45) is 2.23. The van der Waals surface area contributed by atoms with E-state index < -0.39 is 34.3 Å². The summed E-state index contributed by atoms with van der Waals surface area (Å²) in [5.41, 5.74) is -1.10. The van der Waals surface area contributed by atoms with Gasteiger partial charge in [-0.1, -0.05) is 6.92 Å². The van der Waals surface area contributed by atoms with Crippen LogP contribution in [-0.2, 0) is 20.3 Å². The molecular formula is C12H22N2O5S. The van der Waals surface area contributed by atoms with E-state index in [0.29, 0.717) is 13.0 Å². The molecule has 0 bridgehead atoms. The van der Waals surface area contributed by atoms with Crippen molar-refractivity contribution in [2.75, 3.05) is 26.0 Å². The monoisotopic (exact) mass is 306 g/mol. The van der Waals surface area contributed by atoms with Crippen LogP contribution in [-0.4, -0.2) is 58.6 Å². The Kier molecular flexibility index (Phi) is 5.94. The highest BCUT2D eigenvalue weighted by Crippen LogP contribution is 2.28. The van der Waals surface area contributed by atoms with Crippen molar-refractivity contribution in [3.05, 3.63) is 0 Å². The summed E-state index contributed by atoms with van der Waals surface area (Å²) in [5, 5.41) is 14.4. The van der Waals surface area contributed by atoms with E-state index in [1.807, 2.05) is 6.92 Å². The SMILES string of the molecule is CC(CCNC(=O)NC1COCC1(C)C(=O)O)S(C)=O. The van der Waals surface area contributed by atoms with E-state index >= 15 is 0 Å². The topological polar surface area (TPSA) is 105 Å². The molecule has 0 saturated carbocycles. The highest BCUT2D eigenvalue weighted by Gasteiger charge is 2.47. The first-order chi connectivity index (χ1) is 9.27. The van der Waals surface area contributed by atoms with Crippen molar-refractivity contribution in [3.8, 4) is 0 Å². The minimum absolute atomic E-state index is 0.00870. The van der Waals surface area contributed by atoms with Crippen LogP contribution in [0.3, 0.4) is 0 Å². The summed E-state index contributed by atoms with van der Waals surface area (Å²) in [6.45, 7) is 4.06. The summed E-state index contributed by atoms with van der Waals surface area (Å²) in [6, 6.07) is -0.986. The van der Waals surface area contributed by atoms with Crippen LogP contribution in [0.2, 0.25) is 0 Å². The van der Waals surface area contributed by atoms with Crippen LogP contribution < -0.4 is 10.6 Å². The molecular weight excluding hydrogens is 284 g/mol. The Bertz CT molecular complexity index is 403. The molecule has 1 fully saturated rings. The zero-order chi connectivity index (χ0) is 15.3. The van der Waals surface area contributed by atoms with Crippen LogP contribution >= 0.6 is 0 Å². The van der Waals surface area contributed by atoms with E-state index in [2.05, 4.69) is 10.6 Å². The molecule has 1 rings (SSSR count). The first-order valence-corrected chi connectivity index (χ1v) is 8.07. The molecule has 0 aromatic carbocycles. The number of carboxylic acid groups (broad SMARTS) is 1. The molecule has 20 heavy (non-hydrogen) atoms. The molecule has 1 aliphatic rings. The van der Waals surface area contributed by atoms with Gasteiger partial charge in [-0.3, -0.25) is 9.00 Å². The minimum atomic E-state index is -1.10. The lowest BCUT2D eigenvalue weighted by atomic mass is 9.85. The second-order valence-electron chi connectivity index (χ2n) is 5.29. The maximum atomic E-state index is 11.7. The second kappa shape index (κ2) is 7.03. The molecule has 8 heteroatoms. The van der Waals surface area contributed by atoms with Gasteiger partial charge in [-0.25, -0.2) is 4.79 Å². The summed E-state index contributed by atoms with van der Waals surface area (Å²) >= 11 is 0. The number of hydrogen-bond acceptors (Lipinski definition) is 4. The molecule has 4 atom stereocenters. The van der Waals surface area contributed by atoms with Gasteiger partial charge in [0.05, 0.1) is 19.3 Å². The van der Waals surface area contributed by atoms with Crippen molar-refractivity contribution in [1.82, 2.24) is 10.6 Å². The van der Waals surface area contributed by atoms with Gasteiger partial charge in [0.25, 0.3) is 0 Å². The molecule has 0 radical (unpaired) electrons. The quantitative estimate of drug-likeness (QED) is 0.637. The van der Waals surface area contributed by atoms with E-state index in [0.717, 1.165) is 0 Å². The summed E-state index contributed by atoms with van der Waals surface area (Å²) in [4.78, 5) is 22.9. The first kappa shape index (κ1) is 16.9. The molecule has 0 aromatic rings. The van der Waals surface area contributed by atoms with Crippen LogP contribution in [0.1, 0.15) is 20.3 Å². The predicted octanol–water partition coefficient (Wildman–Crippen LogP) is -0.0676. The van der Waals surface area contributed by atoms with Crippen LogP contribution in [0.4, 0.5) is 4.79 Å². The lowest BCUT2D eigenvalue weighted by molar-refractivity contribution is -0.148. The Morgan fingerprint density at radius 3 is 2.75 bits per heavy atom. The third kappa shape index (κ3) is 4.17. The standard InChI is InChI=1S/C12H22N2O5S/c1-8(20(3)18)4-5-13-11(17)14-9-6-19-7-12(9,2)10(15)16/h8-9H,4-7H2,1-3H3,(H,15,16)(H2,13,14,17). The Morgan fingerprint density at radius 1 is 1.55 bits per heavy atom. The number of nitrogens with one attached hydrogen (secondary N) is 2. The molecule has 0 aromatic heterocycles. The average Bonchev–Trinajstić information content (AvgIpc) is 2.72. The fourth-order valence-electron chi connectivity index (χ4n) is 1.85. The Morgan fingerprint density at radius 2 is 2.20 bits per heavy atom. The van der Waals surface area contributed by atoms with Gasteiger partial charge in [0.2, 0.25) is 0 Å². The van der Waals surface area contributed by atoms with E-state index in [9.17, 15) is 18.9 Å². The highest BCUT2D eigenvalue weighted by atomic mass is 32.2. The Balaban J connectivity index is 2.39. The highest BCUT2D eigenvalue weighted by molar-refractivity contribution is 7.84. The largest absolute Gasteiger partial charge is 0.481 e. The summed E-state index contributed by atoms with van der Waals surface area (Å²) in [5.74, 6) is -0.990. The molecule has 0 aliphatic carbocycles. The molecule has 3 N–H and O–H groups in total. The molecule has 0 spiro atoms. The van der Waals surface area contributed by atoms with Crippen molar-refractivity contribution in [2.24, 2.45) is 5.41 Å². The molecule has 4 unspecified atom stereocenters. The minimum Gasteiger partial charge on any atom is -0.481 e. The second-order valence-corrected chi connectivity index (χ2v) is 7.09. The maximum Gasteiger partial charge on any atom is 0.315 e. The zero-order valence-electron chi connectivity index (χ0n) is 12.0. The van der Waals surface area contributed by atoms with Gasteiger partial charge in [-0.15, -0.1) is 0 Å². The lowest BCUT2D eigenvalue weighted by Crippen LogP contribution is -2.52. The number of urea groups is 1. The van der Waals surface area contributed by atoms with Gasteiger partial charge in [0.1, 0.15) is 5.41 Å². The number of carbonyl (C=O) groups is 2. The fraction of sp³-hybridized carbons (Fsp3) is 0.833. The zero-order valence-corrected chi connectivity index (χ0v) is 12.8. The number of carboxylic acids is 1. The van der Waals surface area contributed by atoms with E-state index in [-0.39, 0.29) is 18.5 Å². The van der Waals surface area contributed by atoms with Gasteiger partial charge < -0.3 is 20.5 Å². The molecule has 1 heterocycles. The third-order valence-corrected chi connectivity index (χ3v) is 5.02. The van der Waals surface area contributed by atoms with Gasteiger partial charge in [-0.05, 0) is 13.3 Å². The first-order valence-electron chi connectivity index (χ1n) is 6.45. The van der Waals surface area contributed by atoms with Gasteiger partial charge in [0, 0.05) is 28.9 Å². The average molecular weight is 306 g/mol. The fourth-order valence-corrected chi connectivity index (χ4v) is 2.30. The van der Waals surface area contributed by atoms with Crippen molar-refractivity contribution in [1.29, 1.82) is 0 Å². The number of carbonyl (C=O) groups excluding carboxylic acids is 1. The van der Waals surface area contributed by atoms with Crippen molar-refractivity contribution in [2.45, 2.75) is 31.6 Å². The lowest BCUT2D eigenvalue weighted by Gasteiger charge is -2.25. The van der Waals surface area contributed by atoms with Crippen LogP contribution in [0.5, 0.6) is 0 Å². The van der Waals surface area contributed by atoms with Gasteiger partial charge in [-0.2, -0.15) is 0 Å². The molecule has 116 valence electrons. The molecule has 1 saturated heterocycles. The van der Waals surface area contributed by atoms with Gasteiger partial charge in [0.15, 0.2) is 0 Å². The molecule has 2 amide bonds. The summed E-state index contributed by atoms with van der Waals surface area (Å²) in [7, 11) is -0.917. The predicted molar refractivity (Wildman–Crippen MR) is 75.0 cm³/mol. The summed E-state index contributed by atoms with van der Waals surface area (Å²) < 4.78 is 16.3. The van der Waals surface area contributed by atoms with E-state index in [1.54, 1.807) is 13.2 Å². The van der Waals surface area contributed by atoms with Crippen LogP contribution in [0.25, 0.3) is 0 Å². The number of rotatable bonds is 6.